The zero-order valence-electron chi connectivity index (χ0n) is 12.2. The number of hydrogen-bond acceptors (Lipinski definition) is 4. The number of likely N-dealkylation sites (tertiary alicyclic amines) is 1. The molecule has 2 atom stereocenters. The van der Waals surface area contributed by atoms with E-state index >= 15 is 0 Å². The lowest BCUT2D eigenvalue weighted by Crippen LogP contribution is -2.48. The highest BCUT2D eigenvalue weighted by Crippen LogP contribution is 2.30. The first kappa shape index (κ1) is 15.0. The Hall–Kier alpha value is -1.43. The summed E-state index contributed by atoms with van der Waals surface area (Å²) >= 11 is 0. The molecule has 0 aromatic carbocycles. The minimum Gasteiger partial charge on any atom is -0.472 e. The van der Waals surface area contributed by atoms with E-state index in [0.29, 0.717) is 13.1 Å². The highest BCUT2D eigenvalue weighted by molar-refractivity contribution is 5.98. The summed E-state index contributed by atoms with van der Waals surface area (Å²) in [5, 5.41) is 0. The Labute approximate surface area is 120 Å². The third kappa shape index (κ3) is 3.57. The van der Waals surface area contributed by atoms with Gasteiger partial charge < -0.3 is 18.7 Å². The lowest BCUT2D eigenvalue weighted by atomic mass is 9.88. The predicted molar refractivity (Wildman–Crippen MR) is 74.5 cm³/mol. The summed E-state index contributed by atoms with van der Waals surface area (Å²) in [7, 11) is 5.38. The molecule has 1 aromatic rings. The average Bonchev–Trinajstić information content (AvgIpc) is 2.89. The van der Waals surface area contributed by atoms with Gasteiger partial charge in [-0.2, -0.15) is 0 Å². The number of piperidine rings is 1. The molecule has 0 bridgehead atoms. The van der Waals surface area contributed by atoms with Crippen LogP contribution in [0.2, 0.25) is 0 Å². The SMILES string of the molecule is [B]OC1CN(C(=O)OC(C)(C)C)CCC1c1ccoc1. The number of ether oxygens (including phenoxy) is 1. The fourth-order valence-electron chi connectivity index (χ4n) is 2.41. The molecule has 0 aliphatic carbocycles. The molecule has 6 heteroatoms. The van der Waals surface area contributed by atoms with Crippen LogP contribution in [-0.2, 0) is 9.39 Å². The first-order valence-electron chi connectivity index (χ1n) is 6.76. The molecule has 0 N–H and O–H groups in total. The van der Waals surface area contributed by atoms with E-state index in [1.807, 2.05) is 26.8 Å². The van der Waals surface area contributed by atoms with Crippen LogP contribution in [0.4, 0.5) is 4.79 Å². The Morgan fingerprint density at radius 1 is 1.50 bits per heavy atom. The van der Waals surface area contributed by atoms with E-state index in [2.05, 4.69) is 0 Å². The molecule has 0 spiro atoms. The van der Waals surface area contributed by atoms with Crippen molar-refractivity contribution in [2.45, 2.75) is 44.8 Å². The molecule has 0 saturated carbocycles. The average molecular weight is 277 g/mol. The summed E-state index contributed by atoms with van der Waals surface area (Å²) in [5.74, 6) is 0.137. The summed E-state index contributed by atoms with van der Waals surface area (Å²) in [4.78, 5) is 13.7. The van der Waals surface area contributed by atoms with Crippen LogP contribution >= 0.6 is 0 Å². The predicted octanol–water partition coefficient (Wildman–Crippen LogP) is 2.47. The number of rotatable bonds is 2. The van der Waals surface area contributed by atoms with Crippen LogP contribution in [0.5, 0.6) is 0 Å². The lowest BCUT2D eigenvalue weighted by molar-refractivity contribution is 0.00452. The Morgan fingerprint density at radius 2 is 2.25 bits per heavy atom. The largest absolute Gasteiger partial charge is 0.472 e. The van der Waals surface area contributed by atoms with Crippen molar-refractivity contribution in [3.63, 3.8) is 0 Å². The van der Waals surface area contributed by atoms with Gasteiger partial charge in [0.05, 0.1) is 18.6 Å². The molecule has 5 nitrogen and oxygen atoms in total. The first-order valence-corrected chi connectivity index (χ1v) is 6.76. The summed E-state index contributed by atoms with van der Waals surface area (Å²) in [6.07, 6.45) is 3.50. The summed E-state index contributed by atoms with van der Waals surface area (Å²) < 4.78 is 15.5. The van der Waals surface area contributed by atoms with Crippen molar-refractivity contribution in [1.82, 2.24) is 4.90 Å². The molecule has 2 unspecified atom stereocenters. The minimum atomic E-state index is -0.502. The lowest BCUT2D eigenvalue weighted by Gasteiger charge is -2.38. The van der Waals surface area contributed by atoms with E-state index in [4.69, 9.17) is 21.9 Å². The number of carbonyl (C=O) groups is 1. The van der Waals surface area contributed by atoms with E-state index in [1.54, 1.807) is 17.4 Å². The molecule has 1 aliphatic rings. The van der Waals surface area contributed by atoms with E-state index in [1.165, 1.54) is 0 Å². The molecule has 1 saturated heterocycles. The second kappa shape index (κ2) is 5.91. The molecule has 108 valence electrons. The molecule has 1 fully saturated rings. The molecule has 1 aromatic heterocycles. The quantitative estimate of drug-likeness (QED) is 0.779. The van der Waals surface area contributed by atoms with E-state index in [9.17, 15) is 4.79 Å². The van der Waals surface area contributed by atoms with Crippen molar-refractivity contribution >= 4 is 14.1 Å². The van der Waals surface area contributed by atoms with E-state index in [0.717, 1.165) is 12.0 Å². The monoisotopic (exact) mass is 277 g/mol. The van der Waals surface area contributed by atoms with Crippen molar-refractivity contribution < 1.29 is 18.6 Å². The molecule has 20 heavy (non-hydrogen) atoms. The highest BCUT2D eigenvalue weighted by atomic mass is 16.6. The molecular weight excluding hydrogens is 257 g/mol. The molecule has 2 rings (SSSR count). The van der Waals surface area contributed by atoms with Crippen molar-refractivity contribution in [3.05, 3.63) is 24.2 Å². The molecule has 2 radical (unpaired) electrons. The van der Waals surface area contributed by atoms with E-state index in [-0.39, 0.29) is 18.1 Å². The maximum atomic E-state index is 12.1. The van der Waals surface area contributed by atoms with Gasteiger partial charge in [-0.1, -0.05) is 0 Å². The van der Waals surface area contributed by atoms with Gasteiger partial charge in [-0.15, -0.1) is 0 Å². The van der Waals surface area contributed by atoms with Crippen LogP contribution < -0.4 is 0 Å². The Balaban J connectivity index is 2.00. The van der Waals surface area contributed by atoms with Gasteiger partial charge in [-0.3, -0.25) is 0 Å². The van der Waals surface area contributed by atoms with Gasteiger partial charge >= 0.3 is 6.09 Å². The second-order valence-corrected chi connectivity index (χ2v) is 6.05. The standard InChI is InChI=1S/C14H20BNO4/c1-14(2,3)19-13(17)16-6-4-11(12(8-16)20-15)10-5-7-18-9-10/h5,7,9,11-12H,4,6,8H2,1-3H3. The molecular formula is C14H20BNO4. The highest BCUT2D eigenvalue weighted by Gasteiger charge is 2.34. The Kier molecular flexibility index (Phi) is 4.43. The maximum absolute atomic E-state index is 12.1. The maximum Gasteiger partial charge on any atom is 0.410 e. The fraction of sp³-hybridized carbons (Fsp3) is 0.643. The van der Waals surface area contributed by atoms with Crippen LogP contribution in [-0.4, -0.2) is 43.8 Å². The van der Waals surface area contributed by atoms with Gasteiger partial charge in [0, 0.05) is 19.0 Å². The van der Waals surface area contributed by atoms with Crippen molar-refractivity contribution in [2.75, 3.05) is 13.1 Å². The number of hydrogen-bond donors (Lipinski definition) is 0. The summed E-state index contributed by atoms with van der Waals surface area (Å²) in [6.45, 7) is 6.58. The third-order valence-electron chi connectivity index (χ3n) is 3.36. The molecule has 1 aliphatic heterocycles. The van der Waals surface area contributed by atoms with Crippen LogP contribution in [0.15, 0.2) is 23.0 Å². The Morgan fingerprint density at radius 3 is 2.80 bits per heavy atom. The number of furan rings is 1. The summed E-state index contributed by atoms with van der Waals surface area (Å²) in [6, 6.07) is 1.90. The van der Waals surface area contributed by atoms with Crippen LogP contribution in [0.1, 0.15) is 38.7 Å². The molecule has 1 amide bonds. The topological polar surface area (TPSA) is 51.9 Å². The number of carbonyl (C=O) groups excluding carboxylic acids is 1. The van der Waals surface area contributed by atoms with Crippen LogP contribution in [0.3, 0.4) is 0 Å². The zero-order valence-corrected chi connectivity index (χ0v) is 12.2. The number of nitrogens with zero attached hydrogens (tertiary/aromatic N) is 1. The van der Waals surface area contributed by atoms with Crippen molar-refractivity contribution in [2.24, 2.45) is 0 Å². The van der Waals surface area contributed by atoms with Crippen molar-refractivity contribution in [3.8, 4) is 0 Å². The number of amides is 1. The first-order chi connectivity index (χ1) is 9.40. The fourth-order valence-corrected chi connectivity index (χ4v) is 2.41. The van der Waals surface area contributed by atoms with Gasteiger partial charge in [-0.25, -0.2) is 4.79 Å². The van der Waals surface area contributed by atoms with Crippen molar-refractivity contribution in [1.29, 1.82) is 0 Å². The minimum absolute atomic E-state index is 0.137. The van der Waals surface area contributed by atoms with Crippen LogP contribution in [0, 0.1) is 0 Å². The van der Waals surface area contributed by atoms with Crippen LogP contribution in [0.25, 0.3) is 0 Å². The third-order valence-corrected chi connectivity index (χ3v) is 3.36. The summed E-state index contributed by atoms with van der Waals surface area (Å²) in [5.41, 5.74) is 0.543. The van der Waals surface area contributed by atoms with Gasteiger partial charge in [-0.05, 0) is 38.8 Å². The van der Waals surface area contributed by atoms with Gasteiger partial charge in [0.15, 0.2) is 0 Å². The molecule has 2 heterocycles. The second-order valence-electron chi connectivity index (χ2n) is 6.05. The van der Waals surface area contributed by atoms with Gasteiger partial charge in [0.1, 0.15) is 5.60 Å². The normalized spacial score (nSPS) is 23.6. The van der Waals surface area contributed by atoms with Gasteiger partial charge in [0.25, 0.3) is 8.05 Å². The van der Waals surface area contributed by atoms with E-state index < -0.39 is 5.60 Å². The zero-order chi connectivity index (χ0) is 14.8. The smallest absolute Gasteiger partial charge is 0.410 e. The Bertz CT molecular complexity index is 441. The van der Waals surface area contributed by atoms with Gasteiger partial charge in [0.2, 0.25) is 0 Å².